The number of rotatable bonds is 10. The molecule has 3 aliphatic rings. The summed E-state index contributed by atoms with van der Waals surface area (Å²) in [5, 5.41) is 13.4. The number of carboxylic acid groups (broad SMARTS) is 1. The molecule has 2 fully saturated rings. The Morgan fingerprint density at radius 2 is 2.17 bits per heavy atom. The number of nitrogens with two attached hydrogens (primary N) is 1. The average Bonchev–Trinajstić information content (AvgIpc) is 3.16. The minimum absolute atomic E-state index is 0.0110. The van der Waals surface area contributed by atoms with Gasteiger partial charge in [-0.25, -0.2) is 9.36 Å². The maximum Gasteiger partial charge on any atom is 0.469 e. The third-order valence-corrected chi connectivity index (χ3v) is 8.94. The number of amides is 1. The summed E-state index contributed by atoms with van der Waals surface area (Å²) in [4.78, 5) is 44.7. The standard InChI is InChI=1S/C17H28N3O7PS2/c1-8-13-12(9(2)27-28(24,25)26)16(21)20(13)14(17(22)23)15(8)30-11-5-10(19-6-11)7-29-4-3-18/h8-13,19H,3-7,18H2,1-2H3,(H,22,23)(H2,24,25,26)/t8-,9-,10+,11+,12-,13-/m1/s1. The monoisotopic (exact) mass is 481 g/mol. The van der Waals surface area contributed by atoms with Crippen LogP contribution in [0.5, 0.6) is 0 Å². The van der Waals surface area contributed by atoms with E-state index in [1.807, 2.05) is 6.92 Å². The number of hydrogen-bond acceptors (Lipinski definition) is 8. The summed E-state index contributed by atoms with van der Waals surface area (Å²) >= 11 is 3.28. The molecule has 13 heteroatoms. The van der Waals surface area contributed by atoms with Crippen LogP contribution in [0.4, 0.5) is 0 Å². The highest BCUT2D eigenvalue weighted by Crippen LogP contribution is 2.53. The van der Waals surface area contributed by atoms with E-state index >= 15 is 0 Å². The van der Waals surface area contributed by atoms with Crippen molar-refractivity contribution in [2.75, 3.05) is 24.6 Å². The highest BCUT2D eigenvalue weighted by atomic mass is 32.2. The average molecular weight is 482 g/mol. The summed E-state index contributed by atoms with van der Waals surface area (Å²) in [5.41, 5.74) is 5.52. The normalized spacial score (nSPS) is 32.4. The van der Waals surface area contributed by atoms with Gasteiger partial charge in [0, 0.05) is 46.7 Å². The van der Waals surface area contributed by atoms with E-state index in [2.05, 4.69) is 5.32 Å². The molecule has 0 aromatic heterocycles. The van der Waals surface area contributed by atoms with Gasteiger partial charge in [-0.05, 0) is 13.3 Å². The fourth-order valence-corrected chi connectivity index (χ4v) is 7.39. The highest BCUT2D eigenvalue weighted by molar-refractivity contribution is 8.03. The van der Waals surface area contributed by atoms with Gasteiger partial charge in [0.1, 0.15) is 5.70 Å². The molecule has 3 heterocycles. The molecule has 0 unspecified atom stereocenters. The Morgan fingerprint density at radius 3 is 2.77 bits per heavy atom. The number of thioether (sulfide) groups is 2. The van der Waals surface area contributed by atoms with Gasteiger partial charge < -0.3 is 30.8 Å². The van der Waals surface area contributed by atoms with Crippen LogP contribution in [0.25, 0.3) is 0 Å². The smallest absolute Gasteiger partial charge is 0.469 e. The molecule has 2 saturated heterocycles. The van der Waals surface area contributed by atoms with Crippen molar-refractivity contribution in [3.63, 3.8) is 0 Å². The Balaban J connectivity index is 1.70. The van der Waals surface area contributed by atoms with Gasteiger partial charge in [-0.2, -0.15) is 11.8 Å². The van der Waals surface area contributed by atoms with Crippen molar-refractivity contribution in [2.24, 2.45) is 17.6 Å². The molecule has 10 nitrogen and oxygen atoms in total. The van der Waals surface area contributed by atoms with E-state index in [1.54, 1.807) is 11.8 Å². The molecule has 0 spiro atoms. The van der Waals surface area contributed by atoms with E-state index in [1.165, 1.54) is 23.6 Å². The summed E-state index contributed by atoms with van der Waals surface area (Å²) in [6, 6.07) is -0.134. The van der Waals surface area contributed by atoms with Crippen molar-refractivity contribution in [2.45, 2.75) is 43.7 Å². The van der Waals surface area contributed by atoms with Crippen LogP contribution in [0.3, 0.4) is 0 Å². The molecule has 0 aliphatic carbocycles. The molecule has 0 radical (unpaired) electrons. The van der Waals surface area contributed by atoms with Crippen LogP contribution in [0.2, 0.25) is 0 Å². The lowest BCUT2D eigenvalue weighted by atomic mass is 9.79. The minimum Gasteiger partial charge on any atom is -0.477 e. The van der Waals surface area contributed by atoms with Crippen LogP contribution in [-0.4, -0.2) is 79.7 Å². The van der Waals surface area contributed by atoms with E-state index < -0.39 is 37.8 Å². The fourth-order valence-electron chi connectivity index (χ4n) is 4.43. The van der Waals surface area contributed by atoms with Crippen LogP contribution in [0, 0.1) is 11.8 Å². The lowest BCUT2D eigenvalue weighted by Crippen LogP contribution is -2.63. The first-order valence-electron chi connectivity index (χ1n) is 9.77. The molecule has 6 atom stereocenters. The lowest BCUT2D eigenvalue weighted by Gasteiger charge is -2.47. The van der Waals surface area contributed by atoms with Crippen LogP contribution in [0.1, 0.15) is 20.3 Å². The van der Waals surface area contributed by atoms with Crippen LogP contribution < -0.4 is 11.1 Å². The lowest BCUT2D eigenvalue weighted by molar-refractivity contribution is -0.162. The Kier molecular flexibility index (Phi) is 7.62. The van der Waals surface area contributed by atoms with Gasteiger partial charge in [-0.1, -0.05) is 6.92 Å². The van der Waals surface area contributed by atoms with Crippen molar-refractivity contribution in [1.82, 2.24) is 10.2 Å². The molecule has 30 heavy (non-hydrogen) atoms. The molecular formula is C17H28N3O7PS2. The van der Waals surface area contributed by atoms with Crippen LogP contribution in [0.15, 0.2) is 10.6 Å². The first-order valence-corrected chi connectivity index (χ1v) is 13.3. The van der Waals surface area contributed by atoms with Crippen molar-refractivity contribution >= 4 is 43.2 Å². The zero-order chi connectivity index (χ0) is 22.2. The fraction of sp³-hybridized carbons (Fsp3) is 0.765. The number of phosphoric acid groups is 1. The van der Waals surface area contributed by atoms with Gasteiger partial charge in [0.25, 0.3) is 0 Å². The Bertz CT molecular complexity index is 776. The third-order valence-electron chi connectivity index (χ3n) is 5.66. The molecular weight excluding hydrogens is 453 g/mol. The Labute approximate surface area is 183 Å². The first-order chi connectivity index (χ1) is 14.0. The van der Waals surface area contributed by atoms with Gasteiger partial charge in [-0.15, -0.1) is 11.8 Å². The number of nitrogens with zero attached hydrogens (tertiary/aromatic N) is 1. The molecule has 0 aromatic rings. The zero-order valence-corrected chi connectivity index (χ0v) is 19.3. The zero-order valence-electron chi connectivity index (χ0n) is 16.8. The summed E-state index contributed by atoms with van der Waals surface area (Å²) in [5.74, 6) is -0.832. The Morgan fingerprint density at radius 1 is 1.47 bits per heavy atom. The molecule has 0 saturated carbocycles. The topological polar surface area (TPSA) is 162 Å². The summed E-state index contributed by atoms with van der Waals surface area (Å²) < 4.78 is 15.9. The first kappa shape index (κ1) is 24.1. The summed E-state index contributed by atoms with van der Waals surface area (Å²) in [6.45, 7) is 4.68. The van der Waals surface area contributed by atoms with Gasteiger partial charge in [0.2, 0.25) is 5.91 Å². The summed E-state index contributed by atoms with van der Waals surface area (Å²) in [7, 11) is -4.75. The second-order valence-corrected chi connectivity index (χ2v) is 11.5. The predicted molar refractivity (Wildman–Crippen MR) is 115 cm³/mol. The van der Waals surface area contributed by atoms with Crippen molar-refractivity contribution in [3.05, 3.63) is 10.6 Å². The van der Waals surface area contributed by atoms with E-state index in [9.17, 15) is 19.3 Å². The van der Waals surface area contributed by atoms with Crippen molar-refractivity contribution in [3.8, 4) is 0 Å². The second kappa shape index (κ2) is 9.50. The summed E-state index contributed by atoms with van der Waals surface area (Å²) in [6.07, 6.45) is -0.121. The number of fused-ring (bicyclic) bond motifs is 1. The van der Waals surface area contributed by atoms with Crippen molar-refractivity contribution in [1.29, 1.82) is 0 Å². The van der Waals surface area contributed by atoms with Crippen LogP contribution in [-0.2, 0) is 18.7 Å². The molecule has 3 aliphatic heterocycles. The SMILES string of the molecule is C[C@@H](OP(=O)(O)O)[C@H]1C(=O)N2C(C(=O)O)=C(S[C@@H]3CN[C@H](CSCCN)C3)[C@H](C)[C@H]12. The number of hydrogen-bond donors (Lipinski definition) is 5. The number of aliphatic carboxylic acids is 1. The van der Waals surface area contributed by atoms with E-state index in [-0.39, 0.29) is 16.9 Å². The molecule has 0 bridgehead atoms. The van der Waals surface area contributed by atoms with Crippen molar-refractivity contribution < 1.29 is 33.6 Å². The van der Waals surface area contributed by atoms with E-state index in [0.717, 1.165) is 24.5 Å². The Hall–Kier alpha value is -0.590. The number of carboxylic acids is 1. The third kappa shape index (κ3) is 4.91. The largest absolute Gasteiger partial charge is 0.477 e. The van der Waals surface area contributed by atoms with Gasteiger partial charge >= 0.3 is 13.8 Å². The minimum atomic E-state index is -4.75. The van der Waals surface area contributed by atoms with Gasteiger partial charge in [-0.3, -0.25) is 9.32 Å². The molecule has 0 aromatic carbocycles. The second-order valence-electron chi connectivity index (χ2n) is 7.78. The molecule has 6 N–H and O–H groups in total. The number of β-lactam (4-membered cyclic amide) rings is 1. The maximum atomic E-state index is 12.7. The predicted octanol–water partition coefficient (Wildman–Crippen LogP) is 0.413. The quantitative estimate of drug-likeness (QED) is 0.167. The van der Waals surface area contributed by atoms with E-state index in [0.29, 0.717) is 17.5 Å². The highest BCUT2D eigenvalue weighted by Gasteiger charge is 2.61. The van der Waals surface area contributed by atoms with Crippen LogP contribution >= 0.6 is 31.3 Å². The number of carbonyl (C=O) groups is 2. The molecule has 3 rings (SSSR count). The van der Waals surface area contributed by atoms with Gasteiger partial charge in [0.15, 0.2) is 0 Å². The number of nitrogens with one attached hydrogen (secondary N) is 1. The van der Waals surface area contributed by atoms with Gasteiger partial charge in [0.05, 0.1) is 18.1 Å². The maximum absolute atomic E-state index is 12.7. The number of carbonyl (C=O) groups excluding carboxylic acids is 1. The molecule has 170 valence electrons. The molecule has 1 amide bonds. The van der Waals surface area contributed by atoms with E-state index in [4.69, 9.17) is 20.0 Å². The number of phosphoric ester groups is 1.